The molecule has 0 radical (unpaired) electrons. The minimum atomic E-state index is 0.0694. The van der Waals surface area contributed by atoms with Gasteiger partial charge in [0, 0.05) is 12.2 Å². The van der Waals surface area contributed by atoms with Crippen molar-refractivity contribution in [1.82, 2.24) is 24.6 Å². The lowest BCUT2D eigenvalue weighted by Gasteiger charge is -2.26. The number of thiol groups is 1. The number of carbonyl (C=O) groups excluding carboxylic acids is 1. The van der Waals surface area contributed by atoms with Gasteiger partial charge in [-0.25, -0.2) is 9.97 Å². The summed E-state index contributed by atoms with van der Waals surface area (Å²) >= 11 is 4.30. The minimum absolute atomic E-state index is 0.0694. The van der Waals surface area contributed by atoms with E-state index >= 15 is 0 Å². The summed E-state index contributed by atoms with van der Waals surface area (Å²) in [6, 6.07) is 0.704. The number of nitrogens with one attached hydrogen (secondary N) is 2. The first-order valence-corrected chi connectivity index (χ1v) is 12.4. The summed E-state index contributed by atoms with van der Waals surface area (Å²) in [7, 11) is 1.95. The highest BCUT2D eigenvalue weighted by Gasteiger charge is 2.23. The van der Waals surface area contributed by atoms with Gasteiger partial charge in [-0.3, -0.25) is 8.77 Å². The van der Waals surface area contributed by atoms with E-state index in [9.17, 15) is 4.79 Å². The molecule has 0 bridgehead atoms. The number of likely N-dealkylation sites (N-methyl/N-ethyl adjacent to an activating group) is 1. The van der Waals surface area contributed by atoms with E-state index in [0.29, 0.717) is 22.8 Å². The largest absolute Gasteiger partial charge is 0.318 e. The van der Waals surface area contributed by atoms with Gasteiger partial charge in [0.15, 0.2) is 11.9 Å². The second-order valence-electron chi connectivity index (χ2n) is 7.46. The Morgan fingerprint density at radius 3 is 2.28 bits per heavy atom. The predicted octanol–water partition coefficient (Wildman–Crippen LogP) is 6.14. The third-order valence-corrected chi connectivity index (χ3v) is 5.38. The second kappa shape index (κ2) is 16.9. The first kappa shape index (κ1) is 30.3. The van der Waals surface area contributed by atoms with Gasteiger partial charge < -0.3 is 10.6 Å². The fourth-order valence-corrected chi connectivity index (χ4v) is 3.59. The molecular weight excluding hydrogens is 418 g/mol. The van der Waals surface area contributed by atoms with Crippen LogP contribution in [0.1, 0.15) is 103 Å². The number of nitrogens with zero attached hydrogens (tertiary/aromatic N) is 3. The zero-order valence-electron chi connectivity index (χ0n) is 21.6. The van der Waals surface area contributed by atoms with Gasteiger partial charge in [-0.1, -0.05) is 66.9 Å². The predicted molar refractivity (Wildman–Crippen MR) is 142 cm³/mol. The Kier molecular flexibility index (Phi) is 16.0. The first-order chi connectivity index (χ1) is 15.4. The van der Waals surface area contributed by atoms with E-state index in [1.807, 2.05) is 34.7 Å². The van der Waals surface area contributed by atoms with Crippen molar-refractivity contribution in [2.24, 2.45) is 0 Å². The second-order valence-corrected chi connectivity index (χ2v) is 7.89. The molecular formula is C25H45N5OS. The molecule has 3 rings (SSSR count). The van der Waals surface area contributed by atoms with E-state index in [1.165, 1.54) is 24.0 Å². The number of hydrogen-bond acceptors (Lipinski definition) is 6. The van der Waals surface area contributed by atoms with Crippen LogP contribution in [-0.4, -0.2) is 39.9 Å². The number of rotatable bonds is 6. The maximum absolute atomic E-state index is 11.3. The Hall–Kier alpha value is -1.70. The van der Waals surface area contributed by atoms with Crippen molar-refractivity contribution < 1.29 is 4.79 Å². The molecule has 2 aromatic heterocycles. The molecule has 32 heavy (non-hydrogen) atoms. The SMILES string of the molecule is CC.CC.CCNC(C1=C(C)CCCC1)c1cnc2c(n1)c(C=O)cn2S.CNC(C)C. The molecule has 1 unspecified atom stereocenters. The van der Waals surface area contributed by atoms with Gasteiger partial charge in [0.05, 0.1) is 23.5 Å². The van der Waals surface area contributed by atoms with Gasteiger partial charge >= 0.3 is 0 Å². The standard InChI is InChI=1S/C17H22N4OS.C4H11N.2C2H6/c1-3-18-16(13-7-5-4-6-11(13)2)14-8-19-17-15(20-14)12(10-22)9-21(17)23;1-4(2)5-3;2*1-2/h8-10,16,18,23H,3-7H2,1-2H3;4-5H,1-3H3;2*1-2H3. The smallest absolute Gasteiger partial charge is 0.169 e. The molecule has 182 valence electrons. The molecule has 1 aliphatic rings. The van der Waals surface area contributed by atoms with E-state index in [1.54, 1.807) is 16.4 Å². The summed E-state index contributed by atoms with van der Waals surface area (Å²) in [4.78, 5) is 20.5. The summed E-state index contributed by atoms with van der Waals surface area (Å²) in [5.41, 5.74) is 5.50. The summed E-state index contributed by atoms with van der Waals surface area (Å²) in [6.45, 7) is 17.4. The Labute approximate surface area is 201 Å². The van der Waals surface area contributed by atoms with Crippen molar-refractivity contribution in [2.75, 3.05) is 13.6 Å². The van der Waals surface area contributed by atoms with E-state index in [-0.39, 0.29) is 6.04 Å². The highest BCUT2D eigenvalue weighted by molar-refractivity contribution is 7.78. The molecule has 0 saturated carbocycles. The number of aromatic nitrogens is 3. The first-order valence-electron chi connectivity index (χ1n) is 12.0. The maximum atomic E-state index is 11.3. The molecule has 0 aromatic carbocycles. The summed E-state index contributed by atoms with van der Waals surface area (Å²) in [5.74, 6) is 0. The van der Waals surface area contributed by atoms with Crippen LogP contribution in [0, 0.1) is 0 Å². The molecule has 0 saturated heterocycles. The van der Waals surface area contributed by atoms with Crippen molar-refractivity contribution in [1.29, 1.82) is 0 Å². The Morgan fingerprint density at radius 1 is 1.19 bits per heavy atom. The lowest BCUT2D eigenvalue weighted by atomic mass is 9.87. The van der Waals surface area contributed by atoms with Gasteiger partial charge in [-0.05, 0) is 51.8 Å². The fraction of sp³-hybridized carbons (Fsp3) is 0.640. The van der Waals surface area contributed by atoms with Gasteiger partial charge in [0.2, 0.25) is 0 Å². The van der Waals surface area contributed by atoms with Crippen LogP contribution < -0.4 is 10.6 Å². The molecule has 2 aromatic rings. The number of fused-ring (bicyclic) bond motifs is 1. The normalized spacial score (nSPS) is 14.0. The van der Waals surface area contributed by atoms with Crippen LogP contribution in [0.15, 0.2) is 23.5 Å². The lowest BCUT2D eigenvalue weighted by molar-refractivity contribution is 0.112. The van der Waals surface area contributed by atoms with Crippen LogP contribution in [0.25, 0.3) is 11.2 Å². The van der Waals surface area contributed by atoms with Gasteiger partial charge in [0.25, 0.3) is 0 Å². The zero-order valence-corrected chi connectivity index (χ0v) is 22.5. The van der Waals surface area contributed by atoms with Crippen molar-refractivity contribution in [3.8, 4) is 0 Å². The van der Waals surface area contributed by atoms with E-state index in [2.05, 4.69) is 56.1 Å². The molecule has 1 aliphatic carbocycles. The minimum Gasteiger partial charge on any atom is -0.318 e. The summed E-state index contributed by atoms with van der Waals surface area (Å²) in [6.07, 6.45) is 8.98. The van der Waals surface area contributed by atoms with Crippen molar-refractivity contribution in [2.45, 2.75) is 93.2 Å². The average molecular weight is 464 g/mol. The molecule has 0 aliphatic heterocycles. The Morgan fingerprint density at radius 2 is 1.78 bits per heavy atom. The van der Waals surface area contributed by atoms with Gasteiger partial charge in [-0.15, -0.1) is 0 Å². The van der Waals surface area contributed by atoms with Crippen molar-refractivity contribution in [3.05, 3.63) is 34.8 Å². The third kappa shape index (κ3) is 8.68. The molecule has 2 heterocycles. The molecule has 7 heteroatoms. The summed E-state index contributed by atoms with van der Waals surface area (Å²) in [5, 5.41) is 6.56. The van der Waals surface area contributed by atoms with Gasteiger partial charge in [0.1, 0.15) is 5.52 Å². The maximum Gasteiger partial charge on any atom is 0.169 e. The fourth-order valence-electron chi connectivity index (χ4n) is 3.32. The molecule has 0 amide bonds. The van der Waals surface area contributed by atoms with Crippen molar-refractivity contribution in [3.63, 3.8) is 0 Å². The number of aldehydes is 1. The molecule has 0 spiro atoms. The van der Waals surface area contributed by atoms with E-state index in [0.717, 1.165) is 31.4 Å². The number of hydrogen-bond donors (Lipinski definition) is 3. The molecule has 2 N–H and O–H groups in total. The van der Waals surface area contributed by atoms with Gasteiger partial charge in [-0.2, -0.15) is 0 Å². The highest BCUT2D eigenvalue weighted by atomic mass is 32.1. The van der Waals surface area contributed by atoms with Crippen LogP contribution in [0.4, 0.5) is 0 Å². The number of carbonyl (C=O) groups is 1. The Bertz CT molecular complexity index is 829. The van der Waals surface area contributed by atoms with Crippen LogP contribution in [0.2, 0.25) is 0 Å². The average Bonchev–Trinajstić information content (AvgIpc) is 3.16. The zero-order chi connectivity index (χ0) is 24.7. The monoisotopic (exact) mass is 463 g/mol. The number of allylic oxidation sites excluding steroid dienone is 1. The van der Waals surface area contributed by atoms with E-state index in [4.69, 9.17) is 4.98 Å². The van der Waals surface area contributed by atoms with Crippen LogP contribution >= 0.6 is 12.8 Å². The highest BCUT2D eigenvalue weighted by Crippen LogP contribution is 2.33. The van der Waals surface area contributed by atoms with Crippen LogP contribution in [0.3, 0.4) is 0 Å². The van der Waals surface area contributed by atoms with Crippen LogP contribution in [-0.2, 0) is 0 Å². The topological polar surface area (TPSA) is 71.8 Å². The molecule has 0 fully saturated rings. The van der Waals surface area contributed by atoms with E-state index < -0.39 is 0 Å². The molecule has 1 atom stereocenters. The summed E-state index contributed by atoms with van der Waals surface area (Å²) < 4.78 is 1.54. The van der Waals surface area contributed by atoms with Crippen molar-refractivity contribution >= 4 is 30.3 Å². The van der Waals surface area contributed by atoms with Crippen LogP contribution in [0.5, 0.6) is 0 Å². The quantitative estimate of drug-likeness (QED) is 0.272. The lowest BCUT2D eigenvalue weighted by Crippen LogP contribution is -2.25. The Balaban J connectivity index is 0.000000928. The molecule has 6 nitrogen and oxygen atoms in total. The third-order valence-electron chi connectivity index (χ3n) is 5.08.